The quantitative estimate of drug-likeness (QED) is 0.424. The molecule has 4 N–H and O–H groups in total. The van der Waals surface area contributed by atoms with E-state index in [1.165, 1.54) is 0 Å². The lowest BCUT2D eigenvalue weighted by molar-refractivity contribution is 0.429. The third-order valence-corrected chi connectivity index (χ3v) is 1.92. The maximum atomic E-state index is 9.47. The molecule has 3 nitrogen and oxygen atoms in total. The van der Waals surface area contributed by atoms with Crippen LogP contribution in [0.15, 0.2) is 35.6 Å². The first-order chi connectivity index (χ1) is 5.92. The molecule has 0 bridgehead atoms. The maximum absolute atomic E-state index is 9.47. The van der Waals surface area contributed by atoms with Gasteiger partial charge in [-0.1, -0.05) is 32.1 Å². The van der Waals surface area contributed by atoms with E-state index in [1.54, 1.807) is 12.2 Å². The molecule has 0 aromatic heterocycles. The van der Waals surface area contributed by atoms with Gasteiger partial charge in [0.1, 0.15) is 11.6 Å². The van der Waals surface area contributed by atoms with Crippen molar-refractivity contribution in [2.75, 3.05) is 0 Å². The molecule has 0 saturated carbocycles. The summed E-state index contributed by atoms with van der Waals surface area (Å²) in [6, 6.07) is 0. The van der Waals surface area contributed by atoms with Crippen LogP contribution in [0.4, 0.5) is 0 Å². The Balaban J connectivity index is 3.12. The smallest absolute Gasteiger partial charge is 0.126 e. The number of nitrogens with one attached hydrogen (secondary N) is 1. The van der Waals surface area contributed by atoms with E-state index in [-0.39, 0.29) is 17.0 Å². The zero-order chi connectivity index (χ0) is 10.1. The normalized spacial score (nSPS) is 20.2. The van der Waals surface area contributed by atoms with Crippen LogP contribution < -0.4 is 5.73 Å². The molecule has 13 heavy (non-hydrogen) atoms. The summed E-state index contributed by atoms with van der Waals surface area (Å²) in [5, 5.41) is 16.7. The molecule has 0 fully saturated rings. The second-order valence-electron chi connectivity index (χ2n) is 3.70. The lowest BCUT2D eigenvalue weighted by Gasteiger charge is -2.12. The first-order valence-corrected chi connectivity index (χ1v) is 4.08. The van der Waals surface area contributed by atoms with Gasteiger partial charge < -0.3 is 10.8 Å². The average molecular weight is 178 g/mol. The molecule has 0 saturated heterocycles. The lowest BCUT2D eigenvalue weighted by Crippen LogP contribution is -2.13. The zero-order valence-corrected chi connectivity index (χ0v) is 7.83. The summed E-state index contributed by atoms with van der Waals surface area (Å²) in [5.74, 6) is -0.0644. The minimum absolute atomic E-state index is 0.0503. The van der Waals surface area contributed by atoms with Crippen molar-refractivity contribution in [3.63, 3.8) is 0 Å². The Labute approximate surface area is 77.8 Å². The van der Waals surface area contributed by atoms with Gasteiger partial charge in [0.15, 0.2) is 0 Å². The van der Waals surface area contributed by atoms with E-state index in [4.69, 9.17) is 11.1 Å². The van der Waals surface area contributed by atoms with Gasteiger partial charge in [-0.05, 0) is 6.08 Å². The molecule has 1 aliphatic carbocycles. The van der Waals surface area contributed by atoms with Crippen LogP contribution in [0.3, 0.4) is 0 Å². The summed E-state index contributed by atoms with van der Waals surface area (Å²) in [4.78, 5) is 0. The Hall–Kier alpha value is -1.51. The molecule has 3 heteroatoms. The minimum Gasteiger partial charge on any atom is -0.507 e. The van der Waals surface area contributed by atoms with Gasteiger partial charge in [-0.3, -0.25) is 5.41 Å². The first-order valence-electron chi connectivity index (χ1n) is 4.08. The molecule has 1 aliphatic rings. The number of nitrogens with two attached hydrogens (primary N) is 1. The largest absolute Gasteiger partial charge is 0.507 e. The number of rotatable bonds is 1. The van der Waals surface area contributed by atoms with Crippen molar-refractivity contribution in [1.82, 2.24) is 0 Å². The van der Waals surface area contributed by atoms with Gasteiger partial charge in [0.05, 0.1) is 5.57 Å². The molecule has 0 atom stereocenters. The van der Waals surface area contributed by atoms with E-state index in [9.17, 15) is 5.11 Å². The number of hydrogen-bond acceptors (Lipinski definition) is 2. The van der Waals surface area contributed by atoms with Crippen molar-refractivity contribution in [3.05, 3.63) is 35.6 Å². The standard InChI is InChI=1S/C10H14N2O/c1-10(2)5-3-7(9(11)12)8(13)4-6-10/h3-6,13H,1-2H3,(H3,11,12). The van der Waals surface area contributed by atoms with Crippen LogP contribution in [-0.2, 0) is 0 Å². The van der Waals surface area contributed by atoms with Crippen LogP contribution in [0, 0.1) is 10.8 Å². The molecule has 0 radical (unpaired) electrons. The van der Waals surface area contributed by atoms with Gasteiger partial charge in [0.25, 0.3) is 0 Å². The lowest BCUT2D eigenvalue weighted by atomic mass is 9.93. The fraction of sp³-hybridized carbons (Fsp3) is 0.300. The Morgan fingerprint density at radius 2 is 1.92 bits per heavy atom. The van der Waals surface area contributed by atoms with Gasteiger partial charge >= 0.3 is 0 Å². The minimum atomic E-state index is -0.115. The predicted octanol–water partition coefficient (Wildman–Crippen LogP) is 1.89. The van der Waals surface area contributed by atoms with E-state index in [2.05, 4.69) is 0 Å². The molecular weight excluding hydrogens is 164 g/mol. The van der Waals surface area contributed by atoms with Crippen molar-refractivity contribution in [1.29, 1.82) is 5.41 Å². The second-order valence-corrected chi connectivity index (χ2v) is 3.70. The van der Waals surface area contributed by atoms with Crippen LogP contribution >= 0.6 is 0 Å². The Kier molecular flexibility index (Phi) is 2.28. The second kappa shape index (κ2) is 3.09. The third kappa shape index (κ3) is 2.21. The SMILES string of the molecule is CC1(C)C=CC(O)=C(C(=N)N)C=C1. The number of aliphatic hydroxyl groups is 1. The molecule has 0 spiro atoms. The Bertz CT molecular complexity index is 322. The fourth-order valence-electron chi connectivity index (χ4n) is 1.05. The van der Waals surface area contributed by atoms with Crippen LogP contribution in [0.25, 0.3) is 0 Å². The van der Waals surface area contributed by atoms with E-state index >= 15 is 0 Å². The predicted molar refractivity (Wildman–Crippen MR) is 53.6 cm³/mol. The number of allylic oxidation sites excluding steroid dienone is 3. The molecule has 0 unspecified atom stereocenters. The van der Waals surface area contributed by atoms with E-state index in [0.717, 1.165) is 0 Å². The topological polar surface area (TPSA) is 70.1 Å². The van der Waals surface area contributed by atoms with E-state index in [0.29, 0.717) is 5.57 Å². The van der Waals surface area contributed by atoms with Gasteiger partial charge in [0, 0.05) is 5.41 Å². The third-order valence-electron chi connectivity index (χ3n) is 1.92. The van der Waals surface area contributed by atoms with Crippen LogP contribution in [0.1, 0.15) is 13.8 Å². The molecule has 0 heterocycles. The molecule has 0 aromatic carbocycles. The molecule has 0 aromatic rings. The Morgan fingerprint density at radius 3 is 2.46 bits per heavy atom. The van der Waals surface area contributed by atoms with Crippen LogP contribution in [-0.4, -0.2) is 10.9 Å². The number of hydrogen-bond donors (Lipinski definition) is 3. The monoisotopic (exact) mass is 178 g/mol. The van der Waals surface area contributed by atoms with Crippen molar-refractivity contribution < 1.29 is 5.11 Å². The first kappa shape index (κ1) is 9.58. The molecule has 70 valence electrons. The average Bonchev–Trinajstić information content (AvgIpc) is 2.11. The zero-order valence-electron chi connectivity index (χ0n) is 7.83. The number of amidine groups is 1. The summed E-state index contributed by atoms with van der Waals surface area (Å²) < 4.78 is 0. The highest BCUT2D eigenvalue weighted by atomic mass is 16.3. The van der Waals surface area contributed by atoms with Gasteiger partial charge in [0.2, 0.25) is 0 Å². The van der Waals surface area contributed by atoms with Crippen molar-refractivity contribution >= 4 is 5.84 Å². The van der Waals surface area contributed by atoms with Gasteiger partial charge in [-0.25, -0.2) is 0 Å². The highest BCUT2D eigenvalue weighted by Crippen LogP contribution is 2.24. The fourth-order valence-corrected chi connectivity index (χ4v) is 1.05. The summed E-state index contributed by atoms with van der Waals surface area (Å²) in [5.41, 5.74) is 5.57. The van der Waals surface area contributed by atoms with Crippen molar-refractivity contribution in [2.24, 2.45) is 11.1 Å². The van der Waals surface area contributed by atoms with Crippen molar-refractivity contribution in [3.8, 4) is 0 Å². The molecule has 1 rings (SSSR count). The molecule has 0 amide bonds. The van der Waals surface area contributed by atoms with Gasteiger partial charge in [-0.2, -0.15) is 0 Å². The van der Waals surface area contributed by atoms with Crippen LogP contribution in [0.5, 0.6) is 0 Å². The van der Waals surface area contributed by atoms with Gasteiger partial charge in [-0.15, -0.1) is 0 Å². The summed E-state index contributed by atoms with van der Waals surface area (Å²) in [6.45, 7) is 4.02. The summed E-state index contributed by atoms with van der Waals surface area (Å²) >= 11 is 0. The molecular formula is C10H14N2O. The number of aliphatic hydroxyl groups excluding tert-OH is 1. The van der Waals surface area contributed by atoms with E-state index < -0.39 is 0 Å². The van der Waals surface area contributed by atoms with E-state index in [1.807, 2.05) is 26.0 Å². The van der Waals surface area contributed by atoms with Crippen LogP contribution in [0.2, 0.25) is 0 Å². The van der Waals surface area contributed by atoms with Crippen molar-refractivity contribution in [2.45, 2.75) is 13.8 Å². The highest BCUT2D eigenvalue weighted by Gasteiger charge is 2.14. The Morgan fingerprint density at radius 1 is 1.38 bits per heavy atom. The highest BCUT2D eigenvalue weighted by molar-refractivity contribution is 5.98. The summed E-state index contributed by atoms with van der Waals surface area (Å²) in [6.07, 6.45) is 7.03. The molecule has 0 aliphatic heterocycles. The summed E-state index contributed by atoms with van der Waals surface area (Å²) in [7, 11) is 0. The maximum Gasteiger partial charge on any atom is 0.126 e.